The number of para-hydroxylation sites is 1. The van der Waals surface area contributed by atoms with Crippen LogP contribution in [0.3, 0.4) is 0 Å². The van der Waals surface area contributed by atoms with Crippen LogP contribution in [0.2, 0.25) is 0 Å². The summed E-state index contributed by atoms with van der Waals surface area (Å²) in [7, 11) is 0. The largest absolute Gasteiger partial charge is 0.323 e. The average molecular weight is 308 g/mol. The van der Waals surface area contributed by atoms with Crippen molar-refractivity contribution in [1.82, 2.24) is 0 Å². The zero-order valence-electron chi connectivity index (χ0n) is 10.3. The summed E-state index contributed by atoms with van der Waals surface area (Å²) in [5.74, 6) is -1.43. The summed E-state index contributed by atoms with van der Waals surface area (Å²) >= 11 is 11.9. The van der Waals surface area contributed by atoms with Gasteiger partial charge in [0.05, 0.1) is 0 Å². The maximum absolute atomic E-state index is 12.2. The highest BCUT2D eigenvalue weighted by Gasteiger charge is 2.42. The number of rotatable bonds is 4. The van der Waals surface area contributed by atoms with Gasteiger partial charge in [-0.25, -0.2) is 0 Å². The molecule has 0 aliphatic carbocycles. The fourth-order valence-corrected chi connectivity index (χ4v) is 1.92. The Morgan fingerprint density at radius 3 is 1.90 bits per heavy atom. The lowest BCUT2D eigenvalue weighted by atomic mass is 10.1. The number of benzene rings is 2. The minimum atomic E-state index is -2.17. The van der Waals surface area contributed by atoms with Crippen molar-refractivity contribution in [2.24, 2.45) is 0 Å². The van der Waals surface area contributed by atoms with Gasteiger partial charge in [-0.1, -0.05) is 71.7 Å². The Bertz CT molecular complexity index is 612. The highest BCUT2D eigenvalue weighted by Crippen LogP contribution is 2.28. The summed E-state index contributed by atoms with van der Waals surface area (Å²) in [5, 5.41) is 2.51. The van der Waals surface area contributed by atoms with Crippen molar-refractivity contribution in [3.63, 3.8) is 0 Å². The molecular formula is C15H11Cl2NO2. The van der Waals surface area contributed by atoms with Gasteiger partial charge in [0.2, 0.25) is 5.78 Å². The molecule has 0 heterocycles. The Balaban J connectivity index is 2.17. The molecule has 0 saturated heterocycles. The first-order valence-electron chi connectivity index (χ1n) is 5.86. The lowest BCUT2D eigenvalue weighted by Crippen LogP contribution is -2.40. The molecule has 0 radical (unpaired) electrons. The first-order chi connectivity index (χ1) is 9.51. The average Bonchev–Trinajstić information content (AvgIpc) is 2.48. The van der Waals surface area contributed by atoms with E-state index >= 15 is 0 Å². The van der Waals surface area contributed by atoms with Crippen LogP contribution in [0.5, 0.6) is 0 Å². The summed E-state index contributed by atoms with van der Waals surface area (Å²) in [5.41, 5.74) is 0.796. The van der Waals surface area contributed by atoms with Gasteiger partial charge in [-0.05, 0) is 12.1 Å². The predicted molar refractivity (Wildman–Crippen MR) is 80.3 cm³/mol. The van der Waals surface area contributed by atoms with Crippen LogP contribution in [0.4, 0.5) is 5.69 Å². The fourth-order valence-electron chi connectivity index (χ4n) is 1.60. The molecule has 1 N–H and O–H groups in total. The molecule has 0 saturated carbocycles. The van der Waals surface area contributed by atoms with Crippen LogP contribution in [0.1, 0.15) is 10.4 Å². The molecule has 0 aromatic heterocycles. The minimum Gasteiger partial charge on any atom is -0.323 e. The van der Waals surface area contributed by atoms with Gasteiger partial charge in [0, 0.05) is 11.3 Å². The standard InChI is InChI=1S/C15H11Cl2NO2/c16-15(17,13(19)11-7-3-1-4-8-11)14(20)18-12-9-5-2-6-10-12/h1-10H,(H,18,20). The van der Waals surface area contributed by atoms with Crippen LogP contribution in [0, 0.1) is 0 Å². The van der Waals surface area contributed by atoms with Gasteiger partial charge in [-0.2, -0.15) is 0 Å². The third-order valence-electron chi connectivity index (χ3n) is 2.64. The van der Waals surface area contributed by atoms with E-state index in [1.165, 1.54) is 0 Å². The molecule has 5 heteroatoms. The minimum absolute atomic E-state index is 0.278. The van der Waals surface area contributed by atoms with Crippen molar-refractivity contribution in [2.45, 2.75) is 4.33 Å². The van der Waals surface area contributed by atoms with Crippen LogP contribution in [0.25, 0.3) is 0 Å². The number of amides is 1. The highest BCUT2D eigenvalue weighted by atomic mass is 35.5. The molecule has 2 aromatic rings. The maximum atomic E-state index is 12.2. The molecule has 20 heavy (non-hydrogen) atoms. The van der Waals surface area contributed by atoms with Gasteiger partial charge in [0.25, 0.3) is 10.2 Å². The molecule has 0 spiro atoms. The van der Waals surface area contributed by atoms with Crippen LogP contribution in [0.15, 0.2) is 60.7 Å². The normalized spacial score (nSPS) is 10.9. The second-order valence-electron chi connectivity index (χ2n) is 4.09. The number of carbonyl (C=O) groups is 2. The first kappa shape index (κ1) is 14.6. The molecule has 2 aromatic carbocycles. The number of hydrogen-bond donors (Lipinski definition) is 1. The molecule has 2 rings (SSSR count). The number of alkyl halides is 2. The lowest BCUT2D eigenvalue weighted by Gasteiger charge is -2.17. The van der Waals surface area contributed by atoms with E-state index in [4.69, 9.17) is 23.2 Å². The number of carbonyl (C=O) groups excluding carboxylic acids is 2. The Morgan fingerprint density at radius 1 is 0.850 bits per heavy atom. The molecule has 1 amide bonds. The van der Waals surface area contributed by atoms with Gasteiger partial charge in [-0.15, -0.1) is 0 Å². The number of nitrogens with one attached hydrogen (secondary N) is 1. The number of hydrogen-bond acceptors (Lipinski definition) is 2. The predicted octanol–water partition coefficient (Wildman–Crippen LogP) is 3.68. The Kier molecular flexibility index (Phi) is 4.42. The van der Waals surface area contributed by atoms with Gasteiger partial charge in [0.1, 0.15) is 0 Å². The van der Waals surface area contributed by atoms with Crippen LogP contribution in [-0.4, -0.2) is 16.0 Å². The Hall–Kier alpha value is -1.84. The molecule has 0 fully saturated rings. The number of halogens is 2. The zero-order valence-corrected chi connectivity index (χ0v) is 11.9. The van der Waals surface area contributed by atoms with E-state index in [1.807, 2.05) is 0 Å². The second kappa shape index (κ2) is 6.07. The molecule has 102 valence electrons. The van der Waals surface area contributed by atoms with Crippen molar-refractivity contribution in [3.8, 4) is 0 Å². The van der Waals surface area contributed by atoms with E-state index in [2.05, 4.69) is 5.32 Å². The van der Waals surface area contributed by atoms with Crippen LogP contribution < -0.4 is 5.32 Å². The SMILES string of the molecule is O=C(Nc1ccccc1)C(Cl)(Cl)C(=O)c1ccccc1. The third kappa shape index (κ3) is 3.18. The summed E-state index contributed by atoms with van der Waals surface area (Å²) in [6.07, 6.45) is 0. The summed E-state index contributed by atoms with van der Waals surface area (Å²) in [4.78, 5) is 24.2. The van der Waals surface area contributed by atoms with Crippen LogP contribution in [-0.2, 0) is 4.79 Å². The topological polar surface area (TPSA) is 46.2 Å². The highest BCUT2D eigenvalue weighted by molar-refractivity contribution is 6.70. The van der Waals surface area contributed by atoms with Crippen molar-refractivity contribution in [3.05, 3.63) is 66.2 Å². The smallest absolute Gasteiger partial charge is 0.269 e. The molecular weight excluding hydrogens is 297 g/mol. The lowest BCUT2D eigenvalue weighted by molar-refractivity contribution is -0.115. The Labute approximate surface area is 126 Å². The number of Topliss-reactive ketones (excluding diaryl/α,β-unsaturated/α-hetero) is 1. The van der Waals surface area contributed by atoms with Crippen LogP contribution >= 0.6 is 23.2 Å². The molecule has 0 aliphatic heterocycles. The van der Waals surface area contributed by atoms with Gasteiger partial charge in [-0.3, -0.25) is 9.59 Å². The summed E-state index contributed by atoms with van der Waals surface area (Å²) in [6, 6.07) is 16.9. The fraction of sp³-hybridized carbons (Fsp3) is 0.0667. The molecule has 0 bridgehead atoms. The van der Waals surface area contributed by atoms with E-state index in [-0.39, 0.29) is 5.56 Å². The van der Waals surface area contributed by atoms with Crippen molar-refractivity contribution < 1.29 is 9.59 Å². The number of ketones is 1. The molecule has 0 atom stereocenters. The maximum Gasteiger partial charge on any atom is 0.269 e. The van der Waals surface area contributed by atoms with E-state index in [9.17, 15) is 9.59 Å². The van der Waals surface area contributed by atoms with E-state index < -0.39 is 16.0 Å². The molecule has 0 unspecified atom stereocenters. The first-order valence-corrected chi connectivity index (χ1v) is 6.61. The number of anilines is 1. The Morgan fingerprint density at radius 2 is 1.35 bits per heavy atom. The molecule has 0 aliphatic rings. The van der Waals surface area contributed by atoms with Gasteiger partial charge < -0.3 is 5.32 Å². The monoisotopic (exact) mass is 307 g/mol. The quantitative estimate of drug-likeness (QED) is 0.532. The zero-order chi connectivity index (χ0) is 14.6. The van der Waals surface area contributed by atoms with Crippen molar-refractivity contribution in [2.75, 3.05) is 5.32 Å². The summed E-state index contributed by atoms with van der Waals surface area (Å²) < 4.78 is -2.17. The van der Waals surface area contributed by atoms with Gasteiger partial charge in [0.15, 0.2) is 0 Å². The summed E-state index contributed by atoms with van der Waals surface area (Å²) in [6.45, 7) is 0. The van der Waals surface area contributed by atoms with E-state index in [1.54, 1.807) is 60.7 Å². The van der Waals surface area contributed by atoms with Gasteiger partial charge >= 0.3 is 0 Å². The third-order valence-corrected chi connectivity index (χ3v) is 3.32. The molecule has 3 nitrogen and oxygen atoms in total. The van der Waals surface area contributed by atoms with E-state index in [0.717, 1.165) is 0 Å². The van der Waals surface area contributed by atoms with E-state index in [0.29, 0.717) is 5.69 Å². The van der Waals surface area contributed by atoms with Crippen molar-refractivity contribution >= 4 is 40.6 Å². The second-order valence-corrected chi connectivity index (χ2v) is 5.42. The van der Waals surface area contributed by atoms with Crippen molar-refractivity contribution in [1.29, 1.82) is 0 Å².